The third-order valence-electron chi connectivity index (χ3n) is 7.55. The molecule has 2 amide bonds. The van der Waals surface area contributed by atoms with Crippen LogP contribution in [0.4, 0.5) is 11.4 Å². The van der Waals surface area contributed by atoms with Gasteiger partial charge in [0.1, 0.15) is 5.75 Å². The number of amides is 2. The largest absolute Gasteiger partial charge is 0.423 e. The van der Waals surface area contributed by atoms with Crippen LogP contribution in [-0.2, 0) is 4.79 Å². The fourth-order valence-electron chi connectivity index (χ4n) is 5.46. The van der Waals surface area contributed by atoms with Gasteiger partial charge in [0.05, 0.1) is 5.69 Å². The molecule has 1 aliphatic heterocycles. The number of ether oxygens (including phenoxy) is 1. The number of allylic oxidation sites excluding steroid dienone is 3. The first-order chi connectivity index (χ1) is 19.5. The molecular weight excluding hydrogens is 500 g/mol. The van der Waals surface area contributed by atoms with E-state index in [-0.39, 0.29) is 11.8 Å². The van der Waals surface area contributed by atoms with E-state index in [1.54, 1.807) is 42.5 Å². The second-order valence-corrected chi connectivity index (χ2v) is 9.76. The Hall–Kier alpha value is -4.97. The van der Waals surface area contributed by atoms with Crippen molar-refractivity contribution in [1.29, 1.82) is 0 Å². The normalized spacial score (nSPS) is 14.1. The Morgan fingerprint density at radius 2 is 1.50 bits per heavy atom. The van der Waals surface area contributed by atoms with Crippen LogP contribution in [0.5, 0.6) is 5.75 Å². The lowest BCUT2D eigenvalue weighted by molar-refractivity contribution is -0.130. The predicted octanol–water partition coefficient (Wildman–Crippen LogP) is 6.95. The summed E-state index contributed by atoms with van der Waals surface area (Å²) in [5.74, 6) is -0.840. The predicted molar refractivity (Wildman–Crippen MR) is 158 cm³/mol. The van der Waals surface area contributed by atoms with Gasteiger partial charge in [-0.25, -0.2) is 9.69 Å². The molecule has 2 aliphatic rings. The minimum absolute atomic E-state index is 0.345. The Kier molecular flexibility index (Phi) is 6.52. The number of carbonyl (C=O) groups is 3. The van der Waals surface area contributed by atoms with E-state index in [1.807, 2.05) is 30.4 Å². The molecule has 1 heterocycles. The summed E-state index contributed by atoms with van der Waals surface area (Å²) < 4.78 is 5.45. The molecule has 0 unspecified atom stereocenters. The average Bonchev–Trinajstić information content (AvgIpc) is 3.53. The minimum atomic E-state index is -0.415. The Morgan fingerprint density at radius 3 is 2.15 bits per heavy atom. The van der Waals surface area contributed by atoms with Crippen molar-refractivity contribution in [3.8, 4) is 16.9 Å². The summed E-state index contributed by atoms with van der Waals surface area (Å²) in [6.45, 7) is 6.14. The number of carbonyl (C=O) groups excluding carboxylic acids is 3. The van der Waals surface area contributed by atoms with Gasteiger partial charge in [0.2, 0.25) is 0 Å². The molecule has 0 N–H and O–H groups in total. The Labute approximate surface area is 232 Å². The Morgan fingerprint density at radius 1 is 0.825 bits per heavy atom. The second-order valence-electron chi connectivity index (χ2n) is 9.76. The molecule has 40 heavy (non-hydrogen) atoms. The number of nitrogens with zero attached hydrogens (tertiary/aromatic N) is 2. The minimum Gasteiger partial charge on any atom is -0.423 e. The highest BCUT2D eigenvalue weighted by atomic mass is 16.5. The fraction of sp³-hybridized carbons (Fsp3) is 0.147. The Bertz CT molecular complexity index is 1690. The molecule has 6 heteroatoms. The van der Waals surface area contributed by atoms with Crippen LogP contribution in [0, 0.1) is 0 Å². The maximum absolute atomic E-state index is 13.7. The maximum atomic E-state index is 13.7. The first kappa shape index (κ1) is 25.3. The quantitative estimate of drug-likeness (QED) is 0.148. The number of benzene rings is 4. The van der Waals surface area contributed by atoms with E-state index in [9.17, 15) is 14.4 Å². The number of esters is 1. The van der Waals surface area contributed by atoms with Gasteiger partial charge in [-0.3, -0.25) is 9.59 Å². The monoisotopic (exact) mass is 528 g/mol. The molecule has 0 spiro atoms. The van der Waals surface area contributed by atoms with Gasteiger partial charge in [-0.15, -0.1) is 0 Å². The molecule has 0 bridgehead atoms. The van der Waals surface area contributed by atoms with E-state index < -0.39 is 5.97 Å². The zero-order valence-electron chi connectivity index (χ0n) is 22.4. The zero-order chi connectivity index (χ0) is 27.8. The first-order valence-corrected chi connectivity index (χ1v) is 13.5. The molecule has 0 atom stereocenters. The van der Waals surface area contributed by atoms with E-state index in [4.69, 9.17) is 4.74 Å². The maximum Gasteiger partial charge on any atom is 0.339 e. The van der Waals surface area contributed by atoms with Crippen LogP contribution >= 0.6 is 0 Å². The summed E-state index contributed by atoms with van der Waals surface area (Å²) in [6, 6.07) is 24.2. The molecule has 198 valence electrons. The Balaban J connectivity index is 1.32. The number of anilines is 2. The van der Waals surface area contributed by atoms with Crippen molar-refractivity contribution < 1.29 is 19.1 Å². The van der Waals surface area contributed by atoms with Gasteiger partial charge in [0.25, 0.3) is 11.8 Å². The highest BCUT2D eigenvalue weighted by Crippen LogP contribution is 2.38. The van der Waals surface area contributed by atoms with Crippen molar-refractivity contribution in [3.05, 3.63) is 114 Å². The van der Waals surface area contributed by atoms with Gasteiger partial charge in [-0.05, 0) is 85.3 Å². The van der Waals surface area contributed by atoms with E-state index in [0.29, 0.717) is 39.9 Å². The standard InChI is InChI=1S/C34H28N2O4/c1-3-35(4-2)24-14-12-22(13-15-24)27-20-21-30-31-28(27)10-7-11-29(31)32(37)36(33(30)38)25-16-18-26(19-17-25)40-34(39)23-8-5-6-9-23/h5-8,10-21H,3-4,9H2,1-2H3. The summed E-state index contributed by atoms with van der Waals surface area (Å²) in [5, 5.41) is 1.54. The number of hydrogen-bond acceptors (Lipinski definition) is 5. The molecule has 1 aliphatic carbocycles. The van der Waals surface area contributed by atoms with Gasteiger partial charge in [0.15, 0.2) is 0 Å². The van der Waals surface area contributed by atoms with E-state index in [1.165, 1.54) is 4.90 Å². The topological polar surface area (TPSA) is 66.9 Å². The molecule has 4 aromatic rings. The lowest BCUT2D eigenvalue weighted by Crippen LogP contribution is -2.40. The van der Waals surface area contributed by atoms with Crippen molar-refractivity contribution in [3.63, 3.8) is 0 Å². The third kappa shape index (κ3) is 4.28. The third-order valence-corrected chi connectivity index (χ3v) is 7.55. The van der Waals surface area contributed by atoms with Crippen LogP contribution < -0.4 is 14.5 Å². The molecule has 0 saturated carbocycles. The van der Waals surface area contributed by atoms with Gasteiger partial charge >= 0.3 is 5.97 Å². The van der Waals surface area contributed by atoms with Crippen molar-refractivity contribution in [2.75, 3.05) is 22.9 Å². The average molecular weight is 529 g/mol. The summed E-state index contributed by atoms with van der Waals surface area (Å²) in [6.07, 6.45) is 5.98. The van der Waals surface area contributed by atoms with Crippen molar-refractivity contribution in [2.45, 2.75) is 20.3 Å². The van der Waals surface area contributed by atoms with Crippen LogP contribution in [-0.4, -0.2) is 30.9 Å². The van der Waals surface area contributed by atoms with Crippen molar-refractivity contribution >= 4 is 39.9 Å². The van der Waals surface area contributed by atoms with Gasteiger partial charge < -0.3 is 9.64 Å². The lowest BCUT2D eigenvalue weighted by atomic mass is 9.89. The van der Waals surface area contributed by atoms with E-state index in [0.717, 1.165) is 35.3 Å². The number of imide groups is 1. The van der Waals surface area contributed by atoms with Gasteiger partial charge in [-0.2, -0.15) is 0 Å². The number of hydrogen-bond donors (Lipinski definition) is 0. The van der Waals surface area contributed by atoms with Crippen LogP contribution in [0.1, 0.15) is 41.0 Å². The molecule has 0 radical (unpaired) electrons. The highest BCUT2D eigenvalue weighted by Gasteiger charge is 2.34. The van der Waals surface area contributed by atoms with Crippen molar-refractivity contribution in [1.82, 2.24) is 0 Å². The van der Waals surface area contributed by atoms with Gasteiger partial charge in [0, 0.05) is 40.9 Å². The van der Waals surface area contributed by atoms with Crippen molar-refractivity contribution in [2.24, 2.45) is 0 Å². The smallest absolute Gasteiger partial charge is 0.339 e. The summed E-state index contributed by atoms with van der Waals surface area (Å²) in [5.41, 5.74) is 5.10. The van der Waals surface area contributed by atoms with Crippen LogP contribution in [0.2, 0.25) is 0 Å². The van der Waals surface area contributed by atoms with Crippen LogP contribution in [0.15, 0.2) is 103 Å². The summed E-state index contributed by atoms with van der Waals surface area (Å²) in [4.78, 5) is 43.1. The lowest BCUT2D eigenvalue weighted by Gasteiger charge is -2.28. The fourth-order valence-corrected chi connectivity index (χ4v) is 5.46. The molecule has 6 rings (SSSR count). The van der Waals surface area contributed by atoms with Crippen LogP contribution in [0.25, 0.3) is 21.9 Å². The first-order valence-electron chi connectivity index (χ1n) is 13.5. The molecule has 0 fully saturated rings. The summed E-state index contributed by atoms with van der Waals surface area (Å²) >= 11 is 0. The molecule has 0 saturated heterocycles. The molecular formula is C34H28N2O4. The second kappa shape index (κ2) is 10.3. The number of rotatable bonds is 7. The van der Waals surface area contributed by atoms with E-state index in [2.05, 4.69) is 43.0 Å². The SMILES string of the molecule is CCN(CC)c1ccc(-c2ccc3c4c(cccc24)C(=O)N(c2ccc(OC(=O)C4=CC=CC4)cc2)C3=O)cc1. The molecule has 6 nitrogen and oxygen atoms in total. The molecule has 4 aromatic carbocycles. The highest BCUT2D eigenvalue weighted by molar-refractivity contribution is 6.36. The van der Waals surface area contributed by atoms with Crippen LogP contribution in [0.3, 0.4) is 0 Å². The zero-order valence-corrected chi connectivity index (χ0v) is 22.4. The summed E-state index contributed by atoms with van der Waals surface area (Å²) in [7, 11) is 0. The van der Waals surface area contributed by atoms with E-state index >= 15 is 0 Å². The van der Waals surface area contributed by atoms with Gasteiger partial charge in [-0.1, -0.05) is 48.6 Å². The molecule has 0 aromatic heterocycles.